The lowest BCUT2D eigenvalue weighted by Crippen LogP contribution is -2.58. The predicted molar refractivity (Wildman–Crippen MR) is 524 cm³/mol. The molecule has 0 spiro atoms. The number of hydrogen-bond donors (Lipinski definition) is 0. The molecule has 690 valence electrons. The van der Waals surface area contributed by atoms with Crippen LogP contribution in [0, 0.1) is 88.8 Å². The molecule has 9 aromatic rings. The van der Waals surface area contributed by atoms with E-state index >= 15 is 0 Å². The maximum Gasteiger partial charge on any atom is 0.246 e. The second-order valence-corrected chi connectivity index (χ2v) is 36.8. The summed E-state index contributed by atoms with van der Waals surface area (Å²) in [6.45, 7) is 33.0. The number of aryl methyl sites for hydroxylation is 3. The van der Waals surface area contributed by atoms with Crippen LogP contribution in [0.4, 0.5) is 39.9 Å². The predicted octanol–water partition coefficient (Wildman–Crippen LogP) is 13.0. The van der Waals surface area contributed by atoms with Crippen LogP contribution in [-0.2, 0) is 58.0 Å². The molecule has 0 unspecified atom stereocenters. The summed E-state index contributed by atoms with van der Waals surface area (Å²) in [5.41, 5.74) is 17.4. The molecule has 3 aromatic heterocycles. The van der Waals surface area contributed by atoms with E-state index in [4.69, 9.17) is 29.2 Å². The number of pyridine rings is 3. The number of hydrogen-bond acceptors (Lipinski definition) is 25. The number of nitriles is 6. The zero-order valence-corrected chi connectivity index (χ0v) is 78.3. The van der Waals surface area contributed by atoms with E-state index in [-0.39, 0.29) is 67.3 Å². The zero-order chi connectivity index (χ0) is 94.0. The summed E-state index contributed by atoms with van der Waals surface area (Å²) in [5.74, 6) is 1.02. The SMILES string of the molecule is C=CC(=O)N1CCN(c2c(C#N)c(N3CC(N(C)C)C3)nc3c2CCN(c2cccc4cccc(C)c24)C3)C[C@@H]1CC#N.C=CC(=O)N1CCN(c2c(C#N)c(OC3CCN(C)CC3)nc3c2CCN(c2cccc4cccc(C)c24)C3)C[C@@H]1CC#N.C=CC(=O)N1CCN(c2c(C#N)c(OC3CCN(CCOC)CC3)nc3c2CCN(c2cccc4cccc(C)c24)C3)C[C@@H]1CC#N. The molecule has 0 saturated carbocycles. The van der Waals surface area contributed by atoms with Crippen LogP contribution in [0.1, 0.15) is 112 Å². The van der Waals surface area contributed by atoms with Gasteiger partial charge in [0.2, 0.25) is 29.5 Å². The summed E-state index contributed by atoms with van der Waals surface area (Å²) in [4.78, 5) is 81.5. The Balaban J connectivity index is 0.000000146. The van der Waals surface area contributed by atoms with Gasteiger partial charge in [0, 0.05) is 187 Å². The molecule has 0 bridgehead atoms. The van der Waals surface area contributed by atoms with E-state index in [2.05, 4.69) is 256 Å². The number of ether oxygens (including phenoxy) is 3. The molecule has 6 saturated heterocycles. The standard InChI is InChI=1S/C37H43N7O3.C35H39N7O2.C34H38N8O/c1-4-34(45)44-20-19-43(24-28(44)11-15-38)36-30-14-18-42(33-10-6-9-27-8-5-7-26(2)35(27)33)25-32(30)40-37(31(36)23-39)47-29-12-16-41(17-13-29)21-22-46-3;1-4-32(43)42-20-19-41(22-26(42)11-15-36)34-28-14-18-40(31-10-6-9-25-8-5-7-24(2)33(25)31)23-30(28)38-35(29(34)21-37)44-27-12-16-39(3)17-13-27;1-5-31(43)42-17-16-40(19-25(42)12-14-35)33-27-13-15-39(30-11-7-10-24-9-6-8-23(2)32(24)30)22-29(27)37-34(28(33)18-36)41-20-26(21-41)38(3)4/h4-10,28-29H,1,11-14,16-22,24-25H2,2-3H3;4-10,26-27H,1,11-14,16-20,22-23H2,2-3H3;5-11,25-26H,1,12-13,15-17,19-22H2,2-4H3/t28-;26-;25-/m000/s1. The third kappa shape index (κ3) is 19.4. The third-order valence-electron chi connectivity index (χ3n) is 28.5. The van der Waals surface area contributed by atoms with Gasteiger partial charge in [-0.3, -0.25) is 14.4 Å². The number of likely N-dealkylation sites (N-methyl/N-ethyl adjacent to an activating group) is 1. The number of carbonyl (C=O) groups is 3. The van der Waals surface area contributed by atoms with Crippen LogP contribution < -0.4 is 43.8 Å². The van der Waals surface area contributed by atoms with E-state index in [1.807, 2.05) is 0 Å². The molecule has 6 aromatic carbocycles. The number of likely N-dealkylation sites (tertiary alicyclic amines) is 2. The first-order chi connectivity index (χ1) is 65.2. The first-order valence-corrected chi connectivity index (χ1v) is 47.1. The molecule has 28 heteroatoms. The number of amides is 3. The van der Waals surface area contributed by atoms with Gasteiger partial charge in [-0.05, 0) is 156 Å². The fourth-order valence-corrected chi connectivity index (χ4v) is 21.4. The van der Waals surface area contributed by atoms with Gasteiger partial charge in [0.15, 0.2) is 0 Å². The average Bonchev–Trinajstić information content (AvgIpc) is 0.709. The normalized spacial score (nSPS) is 18.9. The van der Waals surface area contributed by atoms with E-state index in [1.54, 1.807) is 21.8 Å². The average molecular weight is 1800 g/mol. The number of fused-ring (bicyclic) bond motifs is 6. The number of nitrogens with zero attached hydrogens (tertiary/aromatic N) is 22. The van der Waals surface area contributed by atoms with E-state index < -0.39 is 0 Å². The van der Waals surface area contributed by atoms with Crippen LogP contribution in [0.25, 0.3) is 32.3 Å². The molecule has 28 nitrogen and oxygen atoms in total. The van der Waals surface area contributed by atoms with E-state index in [0.717, 1.165) is 161 Å². The Morgan fingerprint density at radius 3 is 1.11 bits per heavy atom. The van der Waals surface area contributed by atoms with Gasteiger partial charge in [0.25, 0.3) is 0 Å². The van der Waals surface area contributed by atoms with Crippen molar-refractivity contribution in [3.8, 4) is 48.2 Å². The van der Waals surface area contributed by atoms with E-state index in [9.17, 15) is 46.0 Å². The highest BCUT2D eigenvalue weighted by Gasteiger charge is 2.42. The maximum atomic E-state index is 12.7. The van der Waals surface area contributed by atoms with Crippen molar-refractivity contribution in [3.63, 3.8) is 0 Å². The molecule has 9 aliphatic heterocycles. The van der Waals surface area contributed by atoms with Crippen molar-refractivity contribution in [3.05, 3.63) is 214 Å². The molecule has 6 fully saturated rings. The molecule has 0 aliphatic carbocycles. The summed E-state index contributed by atoms with van der Waals surface area (Å²) >= 11 is 0. The second-order valence-electron chi connectivity index (χ2n) is 36.8. The summed E-state index contributed by atoms with van der Waals surface area (Å²) in [7, 11) is 8.01. The molecule has 9 aliphatic rings. The highest BCUT2D eigenvalue weighted by atomic mass is 16.5. The fraction of sp³-hybridized carbons (Fsp3) is 0.434. The zero-order valence-electron chi connectivity index (χ0n) is 78.3. The van der Waals surface area contributed by atoms with Crippen molar-refractivity contribution in [2.75, 3.05) is 194 Å². The van der Waals surface area contributed by atoms with Gasteiger partial charge in [-0.25, -0.2) is 15.0 Å². The summed E-state index contributed by atoms with van der Waals surface area (Å²) in [6.07, 6.45) is 10.1. The van der Waals surface area contributed by atoms with Gasteiger partial charge in [0.05, 0.1) is 116 Å². The lowest BCUT2D eigenvalue weighted by atomic mass is 9.94. The molecule has 3 amide bonds. The summed E-state index contributed by atoms with van der Waals surface area (Å²) in [5, 5.41) is 68.1. The number of piperazine rings is 3. The largest absolute Gasteiger partial charge is 0.473 e. The summed E-state index contributed by atoms with van der Waals surface area (Å²) < 4.78 is 18.5. The number of rotatable bonds is 21. The number of benzene rings is 6. The van der Waals surface area contributed by atoms with Gasteiger partial charge < -0.3 is 77.9 Å². The van der Waals surface area contributed by atoms with Crippen LogP contribution in [0.5, 0.6) is 11.8 Å². The van der Waals surface area contributed by atoms with Crippen LogP contribution in [0.2, 0.25) is 0 Å². The van der Waals surface area contributed by atoms with Crippen LogP contribution >= 0.6 is 0 Å². The Kier molecular flexibility index (Phi) is 29.2. The van der Waals surface area contributed by atoms with Gasteiger partial charge in [0.1, 0.15) is 52.9 Å². The molecule has 0 N–H and O–H groups in total. The van der Waals surface area contributed by atoms with Crippen molar-refractivity contribution in [2.45, 2.75) is 141 Å². The van der Waals surface area contributed by atoms with Crippen molar-refractivity contribution in [2.24, 2.45) is 0 Å². The Bertz CT molecular complexity index is 6210. The number of carbonyl (C=O) groups excluding carboxylic acids is 3. The minimum atomic E-state index is -0.311. The monoisotopic (exact) mass is 1800 g/mol. The molecular formula is C106H120N22O6. The number of aromatic nitrogens is 3. The molecule has 12 heterocycles. The van der Waals surface area contributed by atoms with Gasteiger partial charge in [-0.15, -0.1) is 0 Å². The third-order valence-corrected chi connectivity index (χ3v) is 28.5. The fourth-order valence-electron chi connectivity index (χ4n) is 21.4. The Labute approximate surface area is 787 Å². The second kappa shape index (κ2) is 41.9. The van der Waals surface area contributed by atoms with Gasteiger partial charge >= 0.3 is 0 Å². The maximum absolute atomic E-state index is 12.7. The number of piperidine rings is 2. The quantitative estimate of drug-likeness (QED) is 0.0603. The highest BCUT2D eigenvalue weighted by molar-refractivity contribution is 6.00. The Hall–Kier alpha value is -13.8. The first kappa shape index (κ1) is 93.4. The molecule has 0 radical (unpaired) electrons. The van der Waals surface area contributed by atoms with Crippen LogP contribution in [0.3, 0.4) is 0 Å². The van der Waals surface area contributed by atoms with Crippen molar-refractivity contribution >= 4 is 90.0 Å². The molecule has 3 atom stereocenters. The van der Waals surface area contributed by atoms with Crippen molar-refractivity contribution in [1.82, 2.24) is 44.4 Å². The first-order valence-electron chi connectivity index (χ1n) is 47.1. The topological polar surface area (TPSA) is 302 Å². The van der Waals surface area contributed by atoms with Crippen molar-refractivity contribution in [1.29, 1.82) is 31.6 Å². The Morgan fingerprint density at radius 1 is 0.433 bits per heavy atom. The van der Waals surface area contributed by atoms with E-state index in [1.165, 1.54) is 84.3 Å². The summed E-state index contributed by atoms with van der Waals surface area (Å²) in [6, 6.07) is 52.4. The lowest BCUT2D eigenvalue weighted by Gasteiger charge is -2.46. The van der Waals surface area contributed by atoms with Gasteiger partial charge in [-0.2, -0.15) is 31.6 Å². The minimum Gasteiger partial charge on any atom is -0.473 e. The molecule has 134 heavy (non-hydrogen) atoms. The molecular weight excluding hydrogens is 1680 g/mol. The molecule has 18 rings (SSSR count). The van der Waals surface area contributed by atoms with Gasteiger partial charge in [-0.1, -0.05) is 111 Å². The van der Waals surface area contributed by atoms with Crippen molar-refractivity contribution < 1.29 is 28.6 Å². The van der Waals surface area contributed by atoms with E-state index in [0.29, 0.717) is 126 Å². The smallest absolute Gasteiger partial charge is 0.246 e. The van der Waals surface area contributed by atoms with Crippen LogP contribution in [-0.4, -0.2) is 258 Å². The van der Waals surface area contributed by atoms with Crippen LogP contribution in [0.15, 0.2) is 147 Å². The Morgan fingerprint density at radius 2 is 0.776 bits per heavy atom. The highest BCUT2D eigenvalue weighted by Crippen LogP contribution is 2.46. The lowest BCUT2D eigenvalue weighted by molar-refractivity contribution is -0.129. The number of methoxy groups -OCH3 is 1. The number of anilines is 7. The minimum absolute atomic E-state index is 0.00879.